The maximum absolute atomic E-state index is 12.4. The Morgan fingerprint density at radius 2 is 2.15 bits per heavy atom. The van der Waals surface area contributed by atoms with Crippen LogP contribution in [-0.2, 0) is 0 Å². The molecule has 1 aromatic carbocycles. The molecule has 1 aromatic heterocycles. The molecular formula is C15H16N2O2S. The van der Waals surface area contributed by atoms with Crippen molar-refractivity contribution in [3.63, 3.8) is 0 Å². The van der Waals surface area contributed by atoms with Crippen LogP contribution in [0.4, 0.5) is 10.5 Å². The summed E-state index contributed by atoms with van der Waals surface area (Å²) >= 11 is 1.72. The van der Waals surface area contributed by atoms with E-state index in [1.165, 1.54) is 5.56 Å². The fraction of sp³-hybridized carbons (Fsp3) is 0.267. The molecule has 1 fully saturated rings. The summed E-state index contributed by atoms with van der Waals surface area (Å²) in [6, 6.07) is 11.5. The Morgan fingerprint density at radius 3 is 2.85 bits per heavy atom. The number of furan rings is 1. The fourth-order valence-electron chi connectivity index (χ4n) is 2.18. The molecule has 104 valence electrons. The van der Waals surface area contributed by atoms with E-state index >= 15 is 0 Å². The molecule has 3 rings (SSSR count). The summed E-state index contributed by atoms with van der Waals surface area (Å²) in [5.74, 6) is 1.75. The topological polar surface area (TPSA) is 45.5 Å². The molecule has 1 aliphatic heterocycles. The molecule has 20 heavy (non-hydrogen) atoms. The maximum Gasteiger partial charge on any atom is 0.323 e. The highest BCUT2D eigenvalue weighted by molar-refractivity contribution is 7.99. The van der Waals surface area contributed by atoms with Gasteiger partial charge in [-0.3, -0.25) is 0 Å². The van der Waals surface area contributed by atoms with Crippen molar-refractivity contribution in [2.75, 3.05) is 17.6 Å². The molecule has 1 atom stereocenters. The summed E-state index contributed by atoms with van der Waals surface area (Å²) in [7, 11) is 0. The summed E-state index contributed by atoms with van der Waals surface area (Å²) in [5.41, 5.74) is 1.99. The third-order valence-electron chi connectivity index (χ3n) is 3.24. The van der Waals surface area contributed by atoms with Gasteiger partial charge in [-0.25, -0.2) is 4.79 Å². The quantitative estimate of drug-likeness (QED) is 0.912. The van der Waals surface area contributed by atoms with Crippen LogP contribution in [0.2, 0.25) is 0 Å². The van der Waals surface area contributed by atoms with Crippen molar-refractivity contribution in [2.45, 2.75) is 12.3 Å². The maximum atomic E-state index is 12.4. The molecule has 0 aliphatic carbocycles. The number of anilines is 1. The number of urea groups is 1. The van der Waals surface area contributed by atoms with E-state index in [2.05, 4.69) is 5.32 Å². The second kappa shape index (κ2) is 5.63. The molecular weight excluding hydrogens is 272 g/mol. The van der Waals surface area contributed by atoms with Crippen molar-refractivity contribution in [3.8, 4) is 0 Å². The first kappa shape index (κ1) is 13.1. The van der Waals surface area contributed by atoms with Crippen LogP contribution in [0, 0.1) is 6.92 Å². The van der Waals surface area contributed by atoms with E-state index in [0.29, 0.717) is 0 Å². The van der Waals surface area contributed by atoms with Gasteiger partial charge in [-0.2, -0.15) is 0 Å². The predicted molar refractivity (Wildman–Crippen MR) is 80.8 cm³/mol. The molecule has 2 aromatic rings. The number of nitrogens with one attached hydrogen (secondary N) is 1. The number of rotatable bonds is 2. The minimum atomic E-state index is -0.0831. The zero-order chi connectivity index (χ0) is 13.9. The van der Waals surface area contributed by atoms with E-state index in [4.69, 9.17) is 4.42 Å². The van der Waals surface area contributed by atoms with Gasteiger partial charge in [0.2, 0.25) is 0 Å². The predicted octanol–water partition coefficient (Wildman–Crippen LogP) is 3.87. The Bertz CT molecular complexity index is 580. The van der Waals surface area contributed by atoms with Crippen molar-refractivity contribution in [1.29, 1.82) is 0 Å². The molecule has 2 heterocycles. The van der Waals surface area contributed by atoms with Gasteiger partial charge in [0.05, 0.1) is 6.26 Å². The monoisotopic (exact) mass is 288 g/mol. The van der Waals surface area contributed by atoms with Gasteiger partial charge in [0.1, 0.15) is 11.1 Å². The summed E-state index contributed by atoms with van der Waals surface area (Å²) in [4.78, 5) is 14.2. The number of nitrogens with zero attached hydrogens (tertiary/aromatic N) is 1. The van der Waals surface area contributed by atoms with Crippen LogP contribution >= 0.6 is 11.8 Å². The van der Waals surface area contributed by atoms with Crippen molar-refractivity contribution in [3.05, 3.63) is 54.0 Å². The molecule has 1 unspecified atom stereocenters. The number of hydrogen-bond acceptors (Lipinski definition) is 3. The highest BCUT2D eigenvalue weighted by Gasteiger charge is 2.32. The highest BCUT2D eigenvalue weighted by atomic mass is 32.2. The van der Waals surface area contributed by atoms with Crippen LogP contribution in [0.1, 0.15) is 16.7 Å². The van der Waals surface area contributed by atoms with Gasteiger partial charge >= 0.3 is 6.03 Å². The number of thioether (sulfide) groups is 1. The number of amides is 2. The zero-order valence-corrected chi connectivity index (χ0v) is 12.0. The molecule has 0 saturated carbocycles. The first-order chi connectivity index (χ1) is 9.74. The van der Waals surface area contributed by atoms with Gasteiger partial charge in [-0.1, -0.05) is 17.7 Å². The molecule has 0 spiro atoms. The molecule has 0 bridgehead atoms. The van der Waals surface area contributed by atoms with Gasteiger partial charge in [0.25, 0.3) is 0 Å². The minimum Gasteiger partial charge on any atom is -0.466 e. The van der Waals surface area contributed by atoms with Gasteiger partial charge in [-0.15, -0.1) is 11.8 Å². The van der Waals surface area contributed by atoms with Gasteiger partial charge < -0.3 is 14.6 Å². The fourth-order valence-corrected chi connectivity index (χ4v) is 3.38. The van der Waals surface area contributed by atoms with Crippen LogP contribution in [-0.4, -0.2) is 23.2 Å². The van der Waals surface area contributed by atoms with Crippen molar-refractivity contribution in [1.82, 2.24) is 4.90 Å². The molecule has 0 radical (unpaired) electrons. The van der Waals surface area contributed by atoms with Crippen LogP contribution in [0.5, 0.6) is 0 Å². The Balaban J connectivity index is 1.71. The van der Waals surface area contributed by atoms with Crippen LogP contribution in [0.15, 0.2) is 47.1 Å². The third-order valence-corrected chi connectivity index (χ3v) is 4.46. The van der Waals surface area contributed by atoms with E-state index in [-0.39, 0.29) is 11.4 Å². The van der Waals surface area contributed by atoms with Crippen molar-refractivity contribution < 1.29 is 9.21 Å². The number of carbonyl (C=O) groups is 1. The SMILES string of the molecule is Cc1ccc(NC(=O)N2CCSC2c2ccco2)cc1. The average molecular weight is 288 g/mol. The number of benzene rings is 1. The average Bonchev–Trinajstić information content (AvgIpc) is 3.11. The van der Waals surface area contributed by atoms with E-state index in [1.54, 1.807) is 18.0 Å². The van der Waals surface area contributed by atoms with Crippen LogP contribution in [0.3, 0.4) is 0 Å². The smallest absolute Gasteiger partial charge is 0.323 e. The number of hydrogen-bond donors (Lipinski definition) is 1. The molecule has 5 heteroatoms. The van der Waals surface area contributed by atoms with Gasteiger partial charge in [0.15, 0.2) is 0 Å². The Labute approximate surface area is 122 Å². The van der Waals surface area contributed by atoms with E-state index in [0.717, 1.165) is 23.7 Å². The summed E-state index contributed by atoms with van der Waals surface area (Å²) < 4.78 is 5.42. The molecule has 2 amide bonds. The van der Waals surface area contributed by atoms with E-state index in [9.17, 15) is 4.79 Å². The Morgan fingerprint density at radius 1 is 1.35 bits per heavy atom. The Kier molecular flexibility index (Phi) is 3.69. The molecule has 4 nitrogen and oxygen atoms in total. The van der Waals surface area contributed by atoms with Crippen LogP contribution < -0.4 is 5.32 Å². The second-order valence-corrected chi connectivity index (χ2v) is 5.92. The lowest BCUT2D eigenvalue weighted by Crippen LogP contribution is -2.34. The first-order valence-electron chi connectivity index (χ1n) is 6.53. The highest BCUT2D eigenvalue weighted by Crippen LogP contribution is 2.38. The summed E-state index contributed by atoms with van der Waals surface area (Å²) in [6.07, 6.45) is 1.64. The lowest BCUT2D eigenvalue weighted by atomic mass is 10.2. The first-order valence-corrected chi connectivity index (χ1v) is 7.58. The summed E-state index contributed by atoms with van der Waals surface area (Å²) in [6.45, 7) is 2.75. The molecule has 1 N–H and O–H groups in total. The number of aryl methyl sites for hydroxylation is 1. The van der Waals surface area contributed by atoms with Gasteiger partial charge in [-0.05, 0) is 31.2 Å². The normalized spacial score (nSPS) is 18.2. The largest absolute Gasteiger partial charge is 0.466 e. The van der Waals surface area contributed by atoms with E-state index < -0.39 is 0 Å². The lowest BCUT2D eigenvalue weighted by molar-refractivity contribution is 0.210. The number of carbonyl (C=O) groups excluding carboxylic acids is 1. The standard InChI is InChI=1S/C15H16N2O2S/c1-11-4-6-12(7-5-11)16-15(18)17-8-10-20-14(17)13-3-2-9-19-13/h2-7,9,14H,8,10H2,1H3,(H,16,18). The molecule has 1 saturated heterocycles. The van der Waals surface area contributed by atoms with E-state index in [1.807, 2.05) is 48.2 Å². The van der Waals surface area contributed by atoms with Crippen molar-refractivity contribution in [2.24, 2.45) is 0 Å². The lowest BCUT2D eigenvalue weighted by Gasteiger charge is -2.22. The van der Waals surface area contributed by atoms with Gasteiger partial charge in [0, 0.05) is 18.0 Å². The summed E-state index contributed by atoms with van der Waals surface area (Å²) in [5, 5.41) is 2.90. The Hall–Kier alpha value is -1.88. The second-order valence-electron chi connectivity index (χ2n) is 4.73. The third kappa shape index (κ3) is 2.67. The molecule has 1 aliphatic rings. The van der Waals surface area contributed by atoms with Crippen molar-refractivity contribution >= 4 is 23.5 Å². The zero-order valence-electron chi connectivity index (χ0n) is 11.2. The van der Waals surface area contributed by atoms with Crippen LogP contribution in [0.25, 0.3) is 0 Å². The minimum absolute atomic E-state index is 0.0320.